The van der Waals surface area contributed by atoms with Crippen LogP contribution in [0.3, 0.4) is 0 Å². The fourth-order valence-electron chi connectivity index (χ4n) is 3.52. The lowest BCUT2D eigenvalue weighted by Crippen LogP contribution is -2.72. The standard InChI is InChI=1S/C20H30FN3O2/c1-6-22-18(24-12-19(2,3)20(24,4)5)23-8-7-14-9-16(21)10-15-11-25-13-26-17(14)15/h9-10H,6-8,11-13H2,1-5H3,(H,22,23). The van der Waals surface area contributed by atoms with Gasteiger partial charge in [-0.1, -0.05) is 13.8 Å². The SMILES string of the molecule is CCNC(=NCCc1cc(F)cc2c1OCOC2)N1CC(C)(C)C1(C)C. The number of guanidine groups is 1. The maximum atomic E-state index is 13.9. The van der Waals surface area contributed by atoms with E-state index in [0.29, 0.717) is 19.6 Å². The topological polar surface area (TPSA) is 46.1 Å². The molecule has 0 radical (unpaired) electrons. The first kappa shape index (κ1) is 19.0. The molecule has 0 aromatic heterocycles. The monoisotopic (exact) mass is 363 g/mol. The highest BCUT2D eigenvalue weighted by Crippen LogP contribution is 2.46. The van der Waals surface area contributed by atoms with Crippen LogP contribution in [-0.4, -0.2) is 42.8 Å². The van der Waals surface area contributed by atoms with Crippen molar-refractivity contribution in [3.05, 3.63) is 29.1 Å². The molecule has 0 amide bonds. The summed E-state index contributed by atoms with van der Waals surface area (Å²) in [6.45, 7) is 14.1. The number of benzene rings is 1. The third kappa shape index (κ3) is 3.39. The molecule has 3 rings (SSSR count). The summed E-state index contributed by atoms with van der Waals surface area (Å²) in [5, 5.41) is 3.39. The second-order valence-electron chi connectivity index (χ2n) is 8.18. The average molecular weight is 363 g/mol. The Kier molecular flexibility index (Phi) is 5.15. The fraction of sp³-hybridized carbons (Fsp3) is 0.650. The van der Waals surface area contributed by atoms with Gasteiger partial charge in [0.2, 0.25) is 0 Å². The van der Waals surface area contributed by atoms with Gasteiger partial charge in [0, 0.05) is 36.2 Å². The molecule has 1 aromatic carbocycles. The Morgan fingerprint density at radius 3 is 2.73 bits per heavy atom. The van der Waals surface area contributed by atoms with Gasteiger partial charge in [-0.15, -0.1) is 0 Å². The van der Waals surface area contributed by atoms with Gasteiger partial charge in [0.05, 0.1) is 6.61 Å². The van der Waals surface area contributed by atoms with Crippen molar-refractivity contribution >= 4 is 5.96 Å². The van der Waals surface area contributed by atoms with Crippen LogP contribution in [0.4, 0.5) is 4.39 Å². The molecule has 2 heterocycles. The molecule has 1 N–H and O–H groups in total. The number of rotatable bonds is 4. The highest BCUT2D eigenvalue weighted by Gasteiger charge is 2.53. The molecule has 2 aliphatic rings. The number of fused-ring (bicyclic) bond motifs is 1. The van der Waals surface area contributed by atoms with Crippen molar-refractivity contribution in [2.24, 2.45) is 10.4 Å². The third-order valence-corrected chi connectivity index (χ3v) is 5.87. The summed E-state index contributed by atoms with van der Waals surface area (Å²) in [5.74, 6) is 1.42. The van der Waals surface area contributed by atoms with E-state index in [9.17, 15) is 4.39 Å². The normalized spacial score (nSPS) is 20.8. The Bertz CT molecular complexity index is 701. The molecule has 6 heteroatoms. The minimum atomic E-state index is -0.255. The van der Waals surface area contributed by atoms with Crippen molar-refractivity contribution < 1.29 is 13.9 Å². The lowest BCUT2D eigenvalue weighted by Gasteiger charge is -2.62. The van der Waals surface area contributed by atoms with Gasteiger partial charge in [0.15, 0.2) is 12.8 Å². The third-order valence-electron chi connectivity index (χ3n) is 5.87. The Balaban J connectivity index is 1.73. The molecule has 0 unspecified atom stereocenters. The number of nitrogens with one attached hydrogen (secondary N) is 1. The van der Waals surface area contributed by atoms with Crippen LogP contribution in [0, 0.1) is 11.2 Å². The number of likely N-dealkylation sites (tertiary alicyclic amines) is 1. The van der Waals surface area contributed by atoms with Crippen LogP contribution in [0.5, 0.6) is 5.75 Å². The maximum Gasteiger partial charge on any atom is 0.194 e. The van der Waals surface area contributed by atoms with E-state index in [1.165, 1.54) is 6.07 Å². The van der Waals surface area contributed by atoms with Gasteiger partial charge in [-0.05, 0) is 44.9 Å². The summed E-state index contributed by atoms with van der Waals surface area (Å²) in [5.41, 5.74) is 1.92. The molecule has 1 fully saturated rings. The number of aliphatic imine (C=N–C) groups is 1. The summed E-state index contributed by atoms with van der Waals surface area (Å²) >= 11 is 0. The van der Waals surface area contributed by atoms with Crippen LogP contribution < -0.4 is 10.1 Å². The minimum absolute atomic E-state index is 0.0481. The molecule has 144 valence electrons. The first-order valence-electron chi connectivity index (χ1n) is 9.34. The quantitative estimate of drug-likeness (QED) is 0.658. The molecule has 0 spiro atoms. The van der Waals surface area contributed by atoms with Crippen molar-refractivity contribution in [3.8, 4) is 5.75 Å². The predicted molar refractivity (Wildman–Crippen MR) is 101 cm³/mol. The Morgan fingerprint density at radius 2 is 2.08 bits per heavy atom. The Morgan fingerprint density at radius 1 is 1.31 bits per heavy atom. The molecular formula is C20H30FN3O2. The smallest absolute Gasteiger partial charge is 0.194 e. The van der Waals surface area contributed by atoms with Crippen molar-refractivity contribution in [2.45, 2.75) is 53.2 Å². The van der Waals surface area contributed by atoms with E-state index in [0.717, 1.165) is 35.9 Å². The summed E-state index contributed by atoms with van der Waals surface area (Å²) in [6, 6.07) is 3.03. The number of ether oxygens (including phenoxy) is 2. The summed E-state index contributed by atoms with van der Waals surface area (Å²) < 4.78 is 24.7. The van der Waals surface area contributed by atoms with Crippen LogP contribution >= 0.6 is 0 Å². The van der Waals surface area contributed by atoms with Gasteiger partial charge in [0.1, 0.15) is 11.6 Å². The Hall–Kier alpha value is -1.82. The largest absolute Gasteiger partial charge is 0.467 e. The molecular weight excluding hydrogens is 333 g/mol. The van der Waals surface area contributed by atoms with Crippen molar-refractivity contribution in [1.29, 1.82) is 0 Å². The van der Waals surface area contributed by atoms with Gasteiger partial charge < -0.3 is 19.7 Å². The van der Waals surface area contributed by atoms with Crippen LogP contribution in [0.1, 0.15) is 45.7 Å². The van der Waals surface area contributed by atoms with Crippen LogP contribution in [0.25, 0.3) is 0 Å². The highest BCUT2D eigenvalue weighted by molar-refractivity contribution is 5.82. The number of halogens is 1. The van der Waals surface area contributed by atoms with Gasteiger partial charge in [-0.25, -0.2) is 4.39 Å². The first-order valence-corrected chi connectivity index (χ1v) is 9.34. The summed E-state index contributed by atoms with van der Waals surface area (Å²) in [4.78, 5) is 7.11. The minimum Gasteiger partial charge on any atom is -0.467 e. The van der Waals surface area contributed by atoms with Gasteiger partial charge in [0.25, 0.3) is 0 Å². The van der Waals surface area contributed by atoms with Gasteiger partial charge >= 0.3 is 0 Å². The molecule has 0 atom stereocenters. The second kappa shape index (κ2) is 7.06. The maximum absolute atomic E-state index is 13.9. The van der Waals surface area contributed by atoms with Crippen LogP contribution in [-0.2, 0) is 17.8 Å². The van der Waals surface area contributed by atoms with E-state index in [2.05, 4.69) is 44.8 Å². The number of nitrogens with zero attached hydrogens (tertiary/aromatic N) is 2. The predicted octanol–water partition coefficient (Wildman–Crippen LogP) is 3.32. The van der Waals surface area contributed by atoms with E-state index in [1.54, 1.807) is 6.07 Å². The molecule has 1 aromatic rings. The average Bonchev–Trinajstić information content (AvgIpc) is 2.59. The van der Waals surface area contributed by atoms with E-state index < -0.39 is 0 Å². The molecule has 1 saturated heterocycles. The van der Waals surface area contributed by atoms with E-state index in [1.807, 2.05) is 0 Å². The van der Waals surface area contributed by atoms with Gasteiger partial charge in [-0.2, -0.15) is 0 Å². The van der Waals surface area contributed by atoms with Crippen LogP contribution in [0.15, 0.2) is 17.1 Å². The summed E-state index contributed by atoms with van der Waals surface area (Å²) in [6.07, 6.45) is 0.632. The summed E-state index contributed by atoms with van der Waals surface area (Å²) in [7, 11) is 0. The van der Waals surface area contributed by atoms with Crippen molar-refractivity contribution in [3.63, 3.8) is 0 Å². The van der Waals surface area contributed by atoms with Crippen molar-refractivity contribution in [2.75, 3.05) is 26.4 Å². The molecule has 0 saturated carbocycles. The Labute approximate surface area is 155 Å². The first-order chi connectivity index (χ1) is 12.3. The zero-order chi connectivity index (χ0) is 18.9. The lowest BCUT2D eigenvalue weighted by atomic mass is 9.65. The lowest BCUT2D eigenvalue weighted by molar-refractivity contribution is -0.0667. The fourth-order valence-corrected chi connectivity index (χ4v) is 3.52. The van der Waals surface area contributed by atoms with Gasteiger partial charge in [-0.3, -0.25) is 4.99 Å². The zero-order valence-corrected chi connectivity index (χ0v) is 16.5. The molecule has 5 nitrogen and oxygen atoms in total. The van der Waals surface area contributed by atoms with Crippen molar-refractivity contribution in [1.82, 2.24) is 10.2 Å². The number of hydrogen-bond donors (Lipinski definition) is 1. The highest BCUT2D eigenvalue weighted by atomic mass is 19.1. The van der Waals surface area contributed by atoms with Crippen LogP contribution in [0.2, 0.25) is 0 Å². The molecule has 2 aliphatic heterocycles. The van der Waals surface area contributed by atoms with E-state index in [4.69, 9.17) is 14.5 Å². The van der Waals surface area contributed by atoms with E-state index in [-0.39, 0.29) is 23.6 Å². The second-order valence-corrected chi connectivity index (χ2v) is 8.18. The molecule has 0 aliphatic carbocycles. The zero-order valence-electron chi connectivity index (χ0n) is 16.5. The van der Waals surface area contributed by atoms with E-state index >= 15 is 0 Å². The number of hydrogen-bond acceptors (Lipinski definition) is 3. The molecule has 26 heavy (non-hydrogen) atoms. The molecule has 0 bridgehead atoms.